The molecule has 1 amide bonds. The highest BCUT2D eigenvalue weighted by molar-refractivity contribution is 7.89. The van der Waals surface area contributed by atoms with Crippen LogP contribution in [0.25, 0.3) is 0 Å². The van der Waals surface area contributed by atoms with E-state index < -0.39 is 22.3 Å². The number of rotatable bonds is 8. The molecule has 0 spiro atoms. The SMILES string of the molecule is CCc1ccc(CNC(O)[C@H]2CN(C(C)=O)CCN2S(=O)(=O)c2ccc(C(C)C)cc2)c(C)c1. The minimum absolute atomic E-state index is 0.126. The Balaban J connectivity index is 1.83. The molecule has 2 aromatic carbocycles. The topological polar surface area (TPSA) is 89.9 Å². The maximum absolute atomic E-state index is 13.5. The molecule has 0 radical (unpaired) electrons. The molecule has 2 N–H and O–H groups in total. The summed E-state index contributed by atoms with van der Waals surface area (Å²) in [6.07, 6.45) is -0.192. The Kier molecular flexibility index (Phi) is 8.52. The van der Waals surface area contributed by atoms with Crippen molar-refractivity contribution in [3.05, 3.63) is 64.7 Å². The molecule has 1 fully saturated rings. The minimum atomic E-state index is -3.85. The molecule has 7 nitrogen and oxygen atoms in total. The average Bonchev–Trinajstić information content (AvgIpc) is 2.82. The smallest absolute Gasteiger partial charge is 0.243 e. The van der Waals surface area contributed by atoms with Gasteiger partial charge in [0.05, 0.1) is 10.9 Å². The van der Waals surface area contributed by atoms with E-state index in [-0.39, 0.29) is 23.9 Å². The van der Waals surface area contributed by atoms with Crippen molar-refractivity contribution < 1.29 is 18.3 Å². The first-order valence-corrected chi connectivity index (χ1v) is 13.4. The number of aryl methyl sites for hydroxylation is 2. The van der Waals surface area contributed by atoms with Gasteiger partial charge in [0.2, 0.25) is 15.9 Å². The summed E-state index contributed by atoms with van der Waals surface area (Å²) in [6.45, 7) is 10.6. The Morgan fingerprint density at radius 3 is 2.38 bits per heavy atom. The quantitative estimate of drug-likeness (QED) is 0.559. The van der Waals surface area contributed by atoms with E-state index in [1.54, 1.807) is 17.0 Å². The van der Waals surface area contributed by atoms with E-state index in [9.17, 15) is 18.3 Å². The summed E-state index contributed by atoms with van der Waals surface area (Å²) in [5.41, 5.74) is 4.45. The molecule has 1 unspecified atom stereocenters. The highest BCUT2D eigenvalue weighted by Crippen LogP contribution is 2.25. The second-order valence-electron chi connectivity index (χ2n) is 9.31. The van der Waals surface area contributed by atoms with Gasteiger partial charge in [0.15, 0.2) is 0 Å². The number of aliphatic hydroxyl groups excluding tert-OH is 1. The number of hydrogen-bond acceptors (Lipinski definition) is 5. The van der Waals surface area contributed by atoms with Gasteiger partial charge in [0.1, 0.15) is 6.23 Å². The van der Waals surface area contributed by atoms with Gasteiger partial charge in [-0.05, 0) is 53.6 Å². The lowest BCUT2D eigenvalue weighted by Gasteiger charge is -2.42. The summed E-state index contributed by atoms with van der Waals surface area (Å²) in [6, 6.07) is 12.3. The zero-order valence-electron chi connectivity index (χ0n) is 20.8. The molecule has 1 aliphatic heterocycles. The summed E-state index contributed by atoms with van der Waals surface area (Å²) in [5.74, 6) is 0.158. The summed E-state index contributed by atoms with van der Waals surface area (Å²) in [5, 5.41) is 14.2. The molecule has 3 rings (SSSR count). The Hall–Kier alpha value is -2.26. The number of carbonyl (C=O) groups excluding carboxylic acids is 1. The molecule has 34 heavy (non-hydrogen) atoms. The highest BCUT2D eigenvalue weighted by Gasteiger charge is 2.40. The monoisotopic (exact) mass is 487 g/mol. The van der Waals surface area contributed by atoms with Gasteiger partial charge in [-0.2, -0.15) is 4.31 Å². The summed E-state index contributed by atoms with van der Waals surface area (Å²) >= 11 is 0. The molecule has 1 saturated heterocycles. The number of benzene rings is 2. The normalized spacial score (nSPS) is 18.3. The van der Waals surface area contributed by atoms with E-state index in [2.05, 4.69) is 38.2 Å². The lowest BCUT2D eigenvalue weighted by Crippen LogP contribution is -2.62. The van der Waals surface area contributed by atoms with Crippen LogP contribution in [0.2, 0.25) is 0 Å². The molecular weight excluding hydrogens is 450 g/mol. The van der Waals surface area contributed by atoms with Crippen LogP contribution in [0, 0.1) is 6.92 Å². The second kappa shape index (κ2) is 11.0. The Morgan fingerprint density at radius 1 is 1.15 bits per heavy atom. The Morgan fingerprint density at radius 2 is 1.82 bits per heavy atom. The maximum atomic E-state index is 13.5. The molecule has 2 atom stereocenters. The molecule has 0 aliphatic carbocycles. The number of carbonyl (C=O) groups is 1. The zero-order chi connectivity index (χ0) is 25.0. The van der Waals surface area contributed by atoms with Crippen LogP contribution in [0.4, 0.5) is 0 Å². The lowest BCUT2D eigenvalue weighted by atomic mass is 10.0. The molecule has 1 aliphatic rings. The third-order valence-electron chi connectivity index (χ3n) is 6.65. The third kappa shape index (κ3) is 5.86. The number of sulfonamides is 1. The fourth-order valence-corrected chi connectivity index (χ4v) is 5.93. The van der Waals surface area contributed by atoms with E-state index in [4.69, 9.17) is 0 Å². The molecule has 8 heteroatoms. The van der Waals surface area contributed by atoms with Crippen molar-refractivity contribution in [1.29, 1.82) is 0 Å². The minimum Gasteiger partial charge on any atom is -0.377 e. The number of nitrogens with one attached hydrogen (secondary N) is 1. The summed E-state index contributed by atoms with van der Waals surface area (Å²) in [7, 11) is -3.85. The van der Waals surface area contributed by atoms with Gasteiger partial charge in [-0.1, -0.05) is 51.1 Å². The van der Waals surface area contributed by atoms with E-state index in [1.807, 2.05) is 25.1 Å². The van der Waals surface area contributed by atoms with Gasteiger partial charge in [0, 0.05) is 33.1 Å². The van der Waals surface area contributed by atoms with Gasteiger partial charge >= 0.3 is 0 Å². The van der Waals surface area contributed by atoms with Gasteiger partial charge in [0.25, 0.3) is 0 Å². The third-order valence-corrected chi connectivity index (χ3v) is 8.59. The van der Waals surface area contributed by atoms with E-state index in [0.29, 0.717) is 19.0 Å². The maximum Gasteiger partial charge on any atom is 0.243 e. The van der Waals surface area contributed by atoms with Crippen molar-refractivity contribution in [3.8, 4) is 0 Å². The number of amides is 1. The summed E-state index contributed by atoms with van der Waals surface area (Å²) in [4.78, 5) is 13.8. The van der Waals surface area contributed by atoms with E-state index in [0.717, 1.165) is 23.1 Å². The van der Waals surface area contributed by atoms with Crippen LogP contribution < -0.4 is 5.32 Å². The van der Waals surface area contributed by atoms with Gasteiger partial charge in [-0.15, -0.1) is 0 Å². The molecule has 0 aromatic heterocycles. The molecule has 1 heterocycles. The standard InChI is InChI=1S/C26H37N3O4S/c1-6-21-7-8-23(19(4)15-21)16-27-26(31)25-17-28(20(5)30)13-14-29(25)34(32,33)24-11-9-22(10-12-24)18(2)3/h7-12,15,18,25-27,31H,6,13-14,16-17H2,1-5H3/t25-,26?/m1/s1. The van der Waals surface area contributed by atoms with Gasteiger partial charge < -0.3 is 10.0 Å². The van der Waals surface area contributed by atoms with E-state index >= 15 is 0 Å². The number of piperazine rings is 1. The number of hydrogen-bond donors (Lipinski definition) is 2. The molecule has 0 bridgehead atoms. The molecular formula is C26H37N3O4S. The van der Waals surface area contributed by atoms with Crippen molar-refractivity contribution in [2.45, 2.75) is 70.7 Å². The fraction of sp³-hybridized carbons (Fsp3) is 0.500. The molecule has 0 saturated carbocycles. The van der Waals surface area contributed by atoms with Crippen LogP contribution >= 0.6 is 0 Å². The van der Waals surface area contributed by atoms with Crippen molar-refractivity contribution >= 4 is 15.9 Å². The second-order valence-corrected chi connectivity index (χ2v) is 11.2. The van der Waals surface area contributed by atoms with Crippen LogP contribution in [0.5, 0.6) is 0 Å². The number of aliphatic hydroxyl groups is 1. The van der Waals surface area contributed by atoms with Crippen LogP contribution in [-0.2, 0) is 27.8 Å². The first-order chi connectivity index (χ1) is 16.0. The Bertz CT molecular complexity index is 1100. The van der Waals surface area contributed by atoms with Gasteiger partial charge in [-0.25, -0.2) is 8.42 Å². The zero-order valence-corrected chi connectivity index (χ0v) is 21.6. The summed E-state index contributed by atoms with van der Waals surface area (Å²) < 4.78 is 28.4. The van der Waals surface area contributed by atoms with Crippen LogP contribution in [0.15, 0.2) is 47.4 Å². The van der Waals surface area contributed by atoms with Gasteiger partial charge in [-0.3, -0.25) is 10.1 Å². The molecule has 186 valence electrons. The lowest BCUT2D eigenvalue weighted by molar-refractivity contribution is -0.132. The van der Waals surface area contributed by atoms with Crippen molar-refractivity contribution in [2.75, 3.05) is 19.6 Å². The predicted molar refractivity (Wildman–Crippen MR) is 134 cm³/mol. The predicted octanol–water partition coefficient (Wildman–Crippen LogP) is 3.01. The van der Waals surface area contributed by atoms with Crippen LogP contribution in [0.3, 0.4) is 0 Å². The van der Waals surface area contributed by atoms with Crippen molar-refractivity contribution in [1.82, 2.24) is 14.5 Å². The Labute approximate surface area is 203 Å². The highest BCUT2D eigenvalue weighted by atomic mass is 32.2. The van der Waals surface area contributed by atoms with Crippen LogP contribution in [0.1, 0.15) is 55.9 Å². The van der Waals surface area contributed by atoms with Crippen LogP contribution in [-0.4, -0.2) is 60.5 Å². The number of nitrogens with zero attached hydrogens (tertiary/aromatic N) is 2. The first-order valence-electron chi connectivity index (χ1n) is 11.9. The average molecular weight is 488 g/mol. The molecule has 2 aromatic rings. The van der Waals surface area contributed by atoms with Crippen molar-refractivity contribution in [2.24, 2.45) is 0 Å². The first kappa shape index (κ1) is 26.3. The largest absolute Gasteiger partial charge is 0.377 e. The van der Waals surface area contributed by atoms with E-state index in [1.165, 1.54) is 16.8 Å². The fourth-order valence-electron chi connectivity index (χ4n) is 4.32. The van der Waals surface area contributed by atoms with Crippen molar-refractivity contribution in [3.63, 3.8) is 0 Å².